The third-order valence-electron chi connectivity index (χ3n) is 11.6. The van der Waals surface area contributed by atoms with E-state index in [9.17, 15) is 35.9 Å². The molecule has 0 aliphatic carbocycles. The van der Waals surface area contributed by atoms with E-state index in [2.05, 4.69) is 20.8 Å². The van der Waals surface area contributed by atoms with Gasteiger partial charge in [-0.3, -0.25) is 34.6 Å². The topological polar surface area (TPSA) is 142 Å². The van der Waals surface area contributed by atoms with Gasteiger partial charge >= 0.3 is 24.5 Å². The molecule has 2 aromatic carbocycles. The molecule has 0 radical (unpaired) electrons. The van der Waals surface area contributed by atoms with Crippen molar-refractivity contribution >= 4 is 87.1 Å². The highest BCUT2D eigenvalue weighted by atomic mass is 35.5. The highest BCUT2D eigenvalue weighted by Gasteiger charge is 2.43. The number of carbonyl (C=O) groups is 3. The van der Waals surface area contributed by atoms with Crippen LogP contribution in [0.5, 0.6) is 0 Å². The molecule has 2 unspecified atom stereocenters. The zero-order valence-corrected chi connectivity index (χ0v) is 42.6. The minimum Gasteiger partial charge on any atom is -0.444 e. The predicted molar refractivity (Wildman–Crippen MR) is 257 cm³/mol. The number of Topliss-reactive ketones (excluding diaryl/α,β-unsaturated/α-hetero) is 1. The van der Waals surface area contributed by atoms with E-state index in [0.717, 1.165) is 9.36 Å². The molecule has 2 fully saturated rings. The van der Waals surface area contributed by atoms with E-state index >= 15 is 4.79 Å². The van der Waals surface area contributed by atoms with Gasteiger partial charge in [0.25, 0.3) is 0 Å². The molecule has 15 nitrogen and oxygen atoms in total. The van der Waals surface area contributed by atoms with Crippen LogP contribution in [0.2, 0.25) is 20.1 Å². The Balaban J connectivity index is 1.32. The van der Waals surface area contributed by atoms with Crippen LogP contribution < -0.4 is 20.4 Å². The van der Waals surface area contributed by atoms with Gasteiger partial charge in [-0.2, -0.15) is 36.5 Å². The van der Waals surface area contributed by atoms with Crippen molar-refractivity contribution in [2.24, 2.45) is 0 Å². The summed E-state index contributed by atoms with van der Waals surface area (Å²) in [5.74, 6) is -0.522. The summed E-state index contributed by atoms with van der Waals surface area (Å²) < 4.78 is 97.7. The Hall–Kier alpha value is -4.67. The molecule has 4 aromatic rings. The van der Waals surface area contributed by atoms with Gasteiger partial charge in [0.05, 0.1) is 68.0 Å². The monoisotopic (exact) mass is 1070 g/mol. The lowest BCUT2D eigenvalue weighted by atomic mass is 9.99. The highest BCUT2D eigenvalue weighted by Crippen LogP contribution is 2.38. The second-order valence-corrected chi connectivity index (χ2v) is 20.5. The Morgan fingerprint density at radius 2 is 0.914 bits per heavy atom. The maximum Gasteiger partial charge on any atom is 0.436 e. The zero-order valence-electron chi connectivity index (χ0n) is 39.6. The Kier molecular flexibility index (Phi) is 16.6. The molecule has 2 atom stereocenters. The van der Waals surface area contributed by atoms with Gasteiger partial charge in [-0.1, -0.05) is 46.4 Å². The third-order valence-corrected chi connectivity index (χ3v) is 13.1. The van der Waals surface area contributed by atoms with Gasteiger partial charge in [0.15, 0.2) is 17.2 Å². The van der Waals surface area contributed by atoms with Crippen LogP contribution in [0.25, 0.3) is 0 Å². The fourth-order valence-electron chi connectivity index (χ4n) is 8.11. The standard InChI is InChI=1S/C45H54Cl4F6N10O5/c1-25-35(48)38(44(50,51)52)58-64(25)23-33(62-17-13-60(14-18-62)27-9-11-29(46)31(21-27)56-40(67)69-42(3,4)5)37(66)34(24-65-26(2)36(49)39(59-65)45(53,54)55)63-19-15-61(16-20-63)28-10-12-30(47)32(22-28)57-41(68)70-43(6,7)8/h9-12,21-22,33-34H,13-20,23-24H2,1-8H3,(H,56,67)(H,57,68). The molecule has 2 amide bonds. The first-order valence-corrected chi connectivity index (χ1v) is 23.6. The number of hydrogen-bond donors (Lipinski definition) is 2. The average molecular weight is 1070 g/mol. The summed E-state index contributed by atoms with van der Waals surface area (Å²) in [6, 6.07) is 7.67. The van der Waals surface area contributed by atoms with Crippen LogP contribution in [0, 0.1) is 13.8 Å². The van der Waals surface area contributed by atoms with Gasteiger partial charge in [-0.25, -0.2) is 9.59 Å². The molecule has 25 heteroatoms. The van der Waals surface area contributed by atoms with Crippen LogP contribution in [0.1, 0.15) is 64.3 Å². The molecule has 0 spiro atoms. The fraction of sp³-hybridized carbons (Fsp3) is 0.533. The van der Waals surface area contributed by atoms with E-state index in [-0.39, 0.29) is 59.0 Å². The molecule has 6 rings (SSSR count). The number of carbonyl (C=O) groups excluding carboxylic acids is 3. The number of hydrogen-bond acceptors (Lipinski definition) is 11. The van der Waals surface area contributed by atoms with Crippen molar-refractivity contribution in [3.05, 3.63) is 79.3 Å². The van der Waals surface area contributed by atoms with Crippen LogP contribution in [0.4, 0.5) is 58.7 Å². The Bertz CT molecular complexity index is 2390. The number of amides is 2. The SMILES string of the molecule is Cc1c(Cl)c(C(F)(F)F)nn1CC(C(=O)C(Cn1nc(C(F)(F)F)c(Cl)c1C)N1CCN(c2ccc(Cl)c(NC(=O)OC(C)(C)C)c2)CC1)N1CCN(c2ccc(Cl)c(NC(=O)OC(C)(C)C)c2)CC1. The Labute approximate surface area is 421 Å². The molecular weight excluding hydrogens is 1020 g/mol. The number of benzene rings is 2. The Morgan fingerprint density at radius 1 is 0.586 bits per heavy atom. The number of piperazine rings is 2. The molecule has 2 N–H and O–H groups in total. The number of nitrogens with one attached hydrogen (secondary N) is 2. The predicted octanol–water partition coefficient (Wildman–Crippen LogP) is 10.7. The second kappa shape index (κ2) is 21.2. The lowest BCUT2D eigenvalue weighted by molar-refractivity contribution is -0.142. The van der Waals surface area contributed by atoms with Crippen molar-refractivity contribution in [1.29, 1.82) is 0 Å². The van der Waals surface area contributed by atoms with Gasteiger partial charge in [0, 0.05) is 63.7 Å². The number of aromatic nitrogens is 4. The molecule has 384 valence electrons. The largest absolute Gasteiger partial charge is 0.444 e. The zero-order chi connectivity index (χ0) is 51.8. The fourth-order valence-corrected chi connectivity index (χ4v) is 8.92. The van der Waals surface area contributed by atoms with Gasteiger partial charge in [-0.05, 0) is 91.8 Å². The molecule has 2 aromatic heterocycles. The number of rotatable bonds is 12. The van der Waals surface area contributed by atoms with Gasteiger partial charge in [0.2, 0.25) is 0 Å². The summed E-state index contributed by atoms with van der Waals surface area (Å²) in [4.78, 5) is 48.3. The van der Waals surface area contributed by atoms with Crippen LogP contribution in [0.15, 0.2) is 36.4 Å². The van der Waals surface area contributed by atoms with Crippen molar-refractivity contribution < 1.29 is 50.2 Å². The van der Waals surface area contributed by atoms with Crippen molar-refractivity contribution in [2.45, 2.75) is 104 Å². The highest BCUT2D eigenvalue weighted by molar-refractivity contribution is 6.34. The number of ketones is 1. The third kappa shape index (κ3) is 13.4. The lowest BCUT2D eigenvalue weighted by Crippen LogP contribution is -2.61. The average Bonchev–Trinajstić information content (AvgIpc) is 3.71. The molecule has 2 aliphatic rings. The molecule has 70 heavy (non-hydrogen) atoms. The van der Waals surface area contributed by atoms with Crippen molar-refractivity contribution in [3.8, 4) is 0 Å². The van der Waals surface area contributed by atoms with E-state index in [1.807, 2.05) is 9.80 Å². The van der Waals surface area contributed by atoms with Gasteiger partial charge in [0.1, 0.15) is 11.2 Å². The first-order valence-electron chi connectivity index (χ1n) is 22.1. The Morgan fingerprint density at radius 3 is 1.20 bits per heavy atom. The number of anilines is 4. The quantitative estimate of drug-likeness (QED) is 0.131. The molecule has 0 bridgehead atoms. The number of halogens is 10. The number of alkyl halides is 6. The van der Waals surface area contributed by atoms with E-state index < -0.39 is 88.1 Å². The van der Waals surface area contributed by atoms with Crippen molar-refractivity contribution in [2.75, 3.05) is 72.8 Å². The summed E-state index contributed by atoms with van der Waals surface area (Å²) >= 11 is 25.3. The summed E-state index contributed by atoms with van der Waals surface area (Å²) in [5, 5.41) is 12.2. The molecule has 2 aliphatic heterocycles. The second-order valence-electron chi connectivity index (χ2n) is 18.9. The number of nitrogens with zero attached hydrogens (tertiary/aromatic N) is 8. The van der Waals surface area contributed by atoms with E-state index in [1.165, 1.54) is 13.8 Å². The smallest absolute Gasteiger partial charge is 0.436 e. The van der Waals surface area contributed by atoms with Crippen LogP contribution in [-0.4, -0.2) is 123 Å². The van der Waals surface area contributed by atoms with Crippen LogP contribution >= 0.6 is 46.4 Å². The van der Waals surface area contributed by atoms with Crippen molar-refractivity contribution in [3.63, 3.8) is 0 Å². The van der Waals surface area contributed by atoms with E-state index in [4.69, 9.17) is 55.9 Å². The molecular formula is C45H54Cl4F6N10O5. The summed E-state index contributed by atoms with van der Waals surface area (Å²) in [6.07, 6.45) is -11.3. The summed E-state index contributed by atoms with van der Waals surface area (Å²) in [7, 11) is 0. The summed E-state index contributed by atoms with van der Waals surface area (Å²) in [6.45, 7) is 14.1. The first kappa shape index (κ1) is 54.7. The first-order chi connectivity index (χ1) is 32.4. The van der Waals surface area contributed by atoms with Crippen LogP contribution in [-0.2, 0) is 39.7 Å². The van der Waals surface area contributed by atoms with Crippen LogP contribution in [0.3, 0.4) is 0 Å². The lowest BCUT2D eigenvalue weighted by Gasteiger charge is -2.43. The van der Waals surface area contributed by atoms with Gasteiger partial charge in [-0.15, -0.1) is 0 Å². The van der Waals surface area contributed by atoms with E-state index in [1.54, 1.807) is 87.7 Å². The maximum atomic E-state index is 15.5. The van der Waals surface area contributed by atoms with Crippen molar-refractivity contribution in [1.82, 2.24) is 29.4 Å². The minimum atomic E-state index is -4.92. The molecule has 2 saturated heterocycles. The normalized spacial score (nSPS) is 16.5. The maximum absolute atomic E-state index is 15.5. The van der Waals surface area contributed by atoms with Gasteiger partial charge < -0.3 is 19.3 Å². The summed E-state index contributed by atoms with van der Waals surface area (Å²) in [5.41, 5.74) is -2.40. The molecule has 0 saturated carbocycles. The number of ether oxygens (including phenoxy) is 2. The molecule has 4 heterocycles. The minimum absolute atomic E-state index is 0.0465. The van der Waals surface area contributed by atoms with E-state index in [0.29, 0.717) is 37.6 Å².